The van der Waals surface area contributed by atoms with Gasteiger partial charge in [0.1, 0.15) is 0 Å². The van der Waals surface area contributed by atoms with Gasteiger partial charge in [0.05, 0.1) is 5.54 Å². The highest BCUT2D eigenvalue weighted by molar-refractivity contribution is 5.83. The van der Waals surface area contributed by atoms with Crippen molar-refractivity contribution in [1.82, 2.24) is 0 Å². The summed E-state index contributed by atoms with van der Waals surface area (Å²) in [7, 11) is 0. The number of fused-ring (bicyclic) bond motifs is 1. The molecule has 22 heavy (non-hydrogen) atoms. The number of para-hydroxylation sites is 1. The van der Waals surface area contributed by atoms with E-state index in [-0.39, 0.29) is 5.54 Å². The van der Waals surface area contributed by atoms with E-state index >= 15 is 0 Å². The van der Waals surface area contributed by atoms with Gasteiger partial charge in [0.2, 0.25) is 0 Å². The minimum Gasteiger partial charge on any atom is -0.370 e. The van der Waals surface area contributed by atoms with Crippen LogP contribution in [0.4, 0.5) is 5.69 Å². The lowest BCUT2D eigenvalue weighted by atomic mass is 10.0. The fourth-order valence-corrected chi connectivity index (χ4v) is 2.41. The molecule has 0 fully saturated rings. The Morgan fingerprint density at radius 2 is 1.45 bits per heavy atom. The van der Waals surface area contributed by atoms with Gasteiger partial charge in [-0.05, 0) is 48.9 Å². The molecule has 0 amide bonds. The standard InChI is InChI=1S/C21H19N/c1-21(2,22-20-10-4-3-5-11-20)15-14-17-12-13-18-8-6-7-9-19(18)16-17/h3-13,16,22H,1-2H3. The van der Waals surface area contributed by atoms with Crippen molar-refractivity contribution in [2.45, 2.75) is 19.4 Å². The van der Waals surface area contributed by atoms with Crippen LogP contribution in [0.1, 0.15) is 19.4 Å². The van der Waals surface area contributed by atoms with Crippen molar-refractivity contribution < 1.29 is 0 Å². The van der Waals surface area contributed by atoms with Crippen LogP contribution in [0.5, 0.6) is 0 Å². The lowest BCUT2D eigenvalue weighted by Crippen LogP contribution is -2.28. The lowest BCUT2D eigenvalue weighted by Gasteiger charge is -2.21. The van der Waals surface area contributed by atoms with Crippen molar-refractivity contribution in [2.24, 2.45) is 0 Å². The van der Waals surface area contributed by atoms with Gasteiger partial charge in [-0.15, -0.1) is 0 Å². The zero-order valence-corrected chi connectivity index (χ0v) is 12.9. The molecule has 1 nitrogen and oxygen atoms in total. The van der Waals surface area contributed by atoms with Crippen LogP contribution in [0.25, 0.3) is 10.8 Å². The number of anilines is 1. The quantitative estimate of drug-likeness (QED) is 0.647. The number of hydrogen-bond acceptors (Lipinski definition) is 1. The molecule has 108 valence electrons. The highest BCUT2D eigenvalue weighted by atomic mass is 14.9. The molecule has 3 aromatic rings. The fourth-order valence-electron chi connectivity index (χ4n) is 2.41. The third-order valence-corrected chi connectivity index (χ3v) is 3.50. The molecule has 0 aliphatic heterocycles. The summed E-state index contributed by atoms with van der Waals surface area (Å²) in [5.41, 5.74) is 1.84. The largest absolute Gasteiger partial charge is 0.370 e. The normalized spacial score (nSPS) is 10.8. The maximum atomic E-state index is 3.45. The summed E-state index contributed by atoms with van der Waals surface area (Å²) in [6.45, 7) is 4.18. The Hall–Kier alpha value is -2.72. The highest BCUT2D eigenvalue weighted by Crippen LogP contribution is 2.16. The van der Waals surface area contributed by atoms with Crippen LogP contribution in [0.15, 0.2) is 72.8 Å². The van der Waals surface area contributed by atoms with E-state index in [9.17, 15) is 0 Å². The number of hydrogen-bond donors (Lipinski definition) is 1. The Kier molecular flexibility index (Phi) is 3.85. The Labute approximate surface area is 132 Å². The van der Waals surface area contributed by atoms with Gasteiger partial charge in [-0.25, -0.2) is 0 Å². The average Bonchev–Trinajstić information content (AvgIpc) is 2.53. The van der Waals surface area contributed by atoms with Gasteiger partial charge in [-0.2, -0.15) is 0 Å². The van der Waals surface area contributed by atoms with Gasteiger partial charge >= 0.3 is 0 Å². The summed E-state index contributed by atoms with van der Waals surface area (Å²) in [6.07, 6.45) is 0. The van der Waals surface area contributed by atoms with E-state index in [0.717, 1.165) is 11.3 Å². The van der Waals surface area contributed by atoms with Gasteiger partial charge in [0, 0.05) is 11.3 Å². The third kappa shape index (κ3) is 3.48. The molecule has 0 aliphatic carbocycles. The van der Waals surface area contributed by atoms with E-state index in [2.05, 4.69) is 85.6 Å². The fraction of sp³-hybridized carbons (Fsp3) is 0.143. The second kappa shape index (κ2) is 5.95. The Morgan fingerprint density at radius 1 is 0.773 bits per heavy atom. The molecule has 0 saturated heterocycles. The zero-order chi connectivity index (χ0) is 15.4. The van der Waals surface area contributed by atoms with Crippen molar-refractivity contribution in [2.75, 3.05) is 5.32 Å². The molecule has 3 rings (SSSR count). The lowest BCUT2D eigenvalue weighted by molar-refractivity contribution is 0.741. The molecule has 0 radical (unpaired) electrons. The molecule has 0 heterocycles. The van der Waals surface area contributed by atoms with Gasteiger partial charge in [-0.3, -0.25) is 0 Å². The van der Waals surface area contributed by atoms with E-state index in [1.165, 1.54) is 10.8 Å². The monoisotopic (exact) mass is 285 g/mol. The Bertz CT molecular complexity index is 836. The van der Waals surface area contributed by atoms with Crippen LogP contribution in [-0.2, 0) is 0 Å². The zero-order valence-electron chi connectivity index (χ0n) is 12.9. The van der Waals surface area contributed by atoms with Crippen LogP contribution in [0.2, 0.25) is 0 Å². The summed E-state index contributed by atoms with van der Waals surface area (Å²) >= 11 is 0. The summed E-state index contributed by atoms with van der Waals surface area (Å²) < 4.78 is 0. The first kappa shape index (κ1) is 14.2. The maximum Gasteiger partial charge on any atom is 0.0933 e. The first-order valence-electron chi connectivity index (χ1n) is 7.48. The summed E-state index contributed by atoms with van der Waals surface area (Å²) in [4.78, 5) is 0. The minimum atomic E-state index is -0.285. The van der Waals surface area contributed by atoms with E-state index in [1.54, 1.807) is 0 Å². The van der Waals surface area contributed by atoms with Crippen molar-refractivity contribution in [1.29, 1.82) is 0 Å². The molecule has 1 N–H and O–H groups in total. The summed E-state index contributed by atoms with van der Waals surface area (Å²) in [6, 6.07) is 24.9. The molecule has 0 atom stereocenters. The first-order valence-corrected chi connectivity index (χ1v) is 7.48. The highest BCUT2D eigenvalue weighted by Gasteiger charge is 2.13. The molecule has 0 unspecified atom stereocenters. The first-order chi connectivity index (χ1) is 10.6. The molecular formula is C21H19N. The number of rotatable bonds is 2. The van der Waals surface area contributed by atoms with Crippen LogP contribution in [0, 0.1) is 11.8 Å². The summed E-state index contributed by atoms with van der Waals surface area (Å²) in [5.74, 6) is 6.61. The van der Waals surface area contributed by atoms with Gasteiger partial charge in [0.15, 0.2) is 0 Å². The van der Waals surface area contributed by atoms with Crippen molar-refractivity contribution in [3.63, 3.8) is 0 Å². The smallest absolute Gasteiger partial charge is 0.0933 e. The van der Waals surface area contributed by atoms with E-state index < -0.39 is 0 Å². The minimum absolute atomic E-state index is 0.285. The molecule has 1 heteroatoms. The Morgan fingerprint density at radius 3 is 2.23 bits per heavy atom. The van der Waals surface area contributed by atoms with Crippen LogP contribution < -0.4 is 5.32 Å². The molecule has 0 spiro atoms. The third-order valence-electron chi connectivity index (χ3n) is 3.50. The average molecular weight is 285 g/mol. The molecule has 3 aromatic carbocycles. The number of nitrogens with one attached hydrogen (secondary N) is 1. The second-order valence-electron chi connectivity index (χ2n) is 5.93. The molecule has 0 aromatic heterocycles. The van der Waals surface area contributed by atoms with Crippen molar-refractivity contribution in [3.05, 3.63) is 78.4 Å². The van der Waals surface area contributed by atoms with E-state index in [1.807, 2.05) is 18.2 Å². The van der Waals surface area contributed by atoms with Gasteiger partial charge < -0.3 is 5.32 Å². The molecule has 0 saturated carbocycles. The molecular weight excluding hydrogens is 266 g/mol. The Balaban J connectivity index is 1.83. The summed E-state index contributed by atoms with van der Waals surface area (Å²) in [5, 5.41) is 5.92. The van der Waals surface area contributed by atoms with Crippen LogP contribution in [0.3, 0.4) is 0 Å². The molecule has 0 bridgehead atoms. The van der Waals surface area contributed by atoms with Gasteiger partial charge in [0.25, 0.3) is 0 Å². The van der Waals surface area contributed by atoms with E-state index in [4.69, 9.17) is 0 Å². The van der Waals surface area contributed by atoms with E-state index in [0.29, 0.717) is 0 Å². The topological polar surface area (TPSA) is 12.0 Å². The maximum absolute atomic E-state index is 3.45. The van der Waals surface area contributed by atoms with Crippen LogP contribution >= 0.6 is 0 Å². The van der Waals surface area contributed by atoms with Gasteiger partial charge in [-0.1, -0.05) is 60.4 Å². The predicted molar refractivity (Wildman–Crippen MR) is 95.0 cm³/mol. The molecule has 0 aliphatic rings. The predicted octanol–water partition coefficient (Wildman–Crippen LogP) is 5.08. The number of benzene rings is 3. The van der Waals surface area contributed by atoms with Crippen LogP contribution in [-0.4, -0.2) is 5.54 Å². The SMILES string of the molecule is CC(C)(C#Cc1ccc2ccccc2c1)Nc1ccccc1. The van der Waals surface area contributed by atoms with Crippen molar-refractivity contribution >= 4 is 16.5 Å². The van der Waals surface area contributed by atoms with Crippen molar-refractivity contribution in [3.8, 4) is 11.8 Å². The second-order valence-corrected chi connectivity index (χ2v) is 5.93.